The molecule has 2 aromatic carbocycles. The van der Waals surface area contributed by atoms with Gasteiger partial charge in [-0.15, -0.1) is 0 Å². The smallest absolute Gasteiger partial charge is 0.263 e. The van der Waals surface area contributed by atoms with E-state index < -0.39 is 17.7 Å². The van der Waals surface area contributed by atoms with Gasteiger partial charge in [0.15, 0.2) is 29.2 Å². The molecule has 2 aliphatic heterocycles. The third-order valence-electron chi connectivity index (χ3n) is 5.04. The van der Waals surface area contributed by atoms with Crippen molar-refractivity contribution in [3.8, 4) is 17.2 Å². The van der Waals surface area contributed by atoms with Crippen molar-refractivity contribution in [1.29, 1.82) is 0 Å². The lowest BCUT2D eigenvalue weighted by Crippen LogP contribution is -2.40. The maximum Gasteiger partial charge on any atom is 0.263 e. The van der Waals surface area contributed by atoms with E-state index in [-0.39, 0.29) is 17.7 Å². The van der Waals surface area contributed by atoms with Crippen molar-refractivity contribution in [3.05, 3.63) is 53.6 Å². The zero-order chi connectivity index (χ0) is 19.7. The highest BCUT2D eigenvalue weighted by atomic mass is 19.2. The Kier molecular flexibility index (Phi) is 5.07. The van der Waals surface area contributed by atoms with E-state index in [4.69, 9.17) is 14.2 Å². The number of benzene rings is 2. The summed E-state index contributed by atoms with van der Waals surface area (Å²) in [7, 11) is 0. The first-order valence-corrected chi connectivity index (χ1v) is 9.34. The second kappa shape index (κ2) is 7.66. The summed E-state index contributed by atoms with van der Waals surface area (Å²) in [5, 5.41) is 0. The van der Waals surface area contributed by atoms with Gasteiger partial charge in [-0.3, -0.25) is 4.79 Å². The monoisotopic (exact) mass is 389 g/mol. The minimum atomic E-state index is -1.01. The standard InChI is InChI=1S/C21H21F2NO4/c1-13(28-15-5-6-16(22)17(23)12-15)21(25)24-8-2-3-18(24)14-4-7-19-20(11-14)27-10-9-26-19/h4-7,11-13,18H,2-3,8-10H2,1H3. The Labute approximate surface area is 161 Å². The van der Waals surface area contributed by atoms with Gasteiger partial charge in [-0.1, -0.05) is 6.07 Å². The van der Waals surface area contributed by atoms with Gasteiger partial charge in [0.1, 0.15) is 19.0 Å². The van der Waals surface area contributed by atoms with Crippen molar-refractivity contribution in [2.45, 2.75) is 31.9 Å². The van der Waals surface area contributed by atoms with Gasteiger partial charge in [0, 0.05) is 12.6 Å². The van der Waals surface area contributed by atoms with E-state index in [1.54, 1.807) is 11.8 Å². The fraction of sp³-hybridized carbons (Fsp3) is 0.381. The van der Waals surface area contributed by atoms with Crippen molar-refractivity contribution in [2.24, 2.45) is 0 Å². The maximum atomic E-state index is 13.4. The molecular formula is C21H21F2NO4. The van der Waals surface area contributed by atoms with Gasteiger partial charge in [0.05, 0.1) is 6.04 Å². The van der Waals surface area contributed by atoms with Crippen LogP contribution in [0.15, 0.2) is 36.4 Å². The molecule has 1 fully saturated rings. The number of rotatable bonds is 4. The number of likely N-dealkylation sites (tertiary alicyclic amines) is 1. The summed E-state index contributed by atoms with van der Waals surface area (Å²) in [5.41, 5.74) is 0.982. The molecule has 0 aromatic heterocycles. The molecule has 1 amide bonds. The van der Waals surface area contributed by atoms with Crippen LogP contribution in [0.2, 0.25) is 0 Å². The molecule has 148 valence electrons. The molecule has 7 heteroatoms. The third-order valence-corrected chi connectivity index (χ3v) is 5.04. The predicted molar refractivity (Wildman–Crippen MR) is 97.6 cm³/mol. The van der Waals surface area contributed by atoms with Crippen LogP contribution in [0.3, 0.4) is 0 Å². The van der Waals surface area contributed by atoms with E-state index in [1.165, 1.54) is 6.07 Å². The first kappa shape index (κ1) is 18.5. The fourth-order valence-electron chi connectivity index (χ4n) is 3.68. The summed E-state index contributed by atoms with van der Waals surface area (Å²) < 4.78 is 43.2. The lowest BCUT2D eigenvalue weighted by Gasteiger charge is -2.29. The Bertz CT molecular complexity index is 889. The van der Waals surface area contributed by atoms with Gasteiger partial charge < -0.3 is 19.1 Å². The van der Waals surface area contributed by atoms with E-state index in [2.05, 4.69) is 0 Å². The Morgan fingerprint density at radius 3 is 2.68 bits per heavy atom. The SMILES string of the molecule is CC(Oc1ccc(F)c(F)c1)C(=O)N1CCCC1c1ccc2c(c1)OCCO2. The zero-order valence-corrected chi connectivity index (χ0v) is 15.5. The number of ether oxygens (including phenoxy) is 3. The third kappa shape index (κ3) is 3.61. The highest BCUT2D eigenvalue weighted by molar-refractivity contribution is 5.81. The largest absolute Gasteiger partial charge is 0.486 e. The molecule has 2 aromatic rings. The van der Waals surface area contributed by atoms with Crippen molar-refractivity contribution in [1.82, 2.24) is 4.90 Å². The van der Waals surface area contributed by atoms with Crippen LogP contribution in [0.4, 0.5) is 8.78 Å². The summed E-state index contributed by atoms with van der Waals surface area (Å²) in [4.78, 5) is 14.7. The molecular weight excluding hydrogens is 368 g/mol. The quantitative estimate of drug-likeness (QED) is 0.797. The summed E-state index contributed by atoms with van der Waals surface area (Å²) in [6.45, 7) is 3.26. The van der Waals surface area contributed by atoms with Gasteiger partial charge in [0.2, 0.25) is 0 Å². The molecule has 2 aliphatic rings. The minimum Gasteiger partial charge on any atom is -0.486 e. The molecule has 0 spiro atoms. The Morgan fingerprint density at radius 2 is 1.89 bits per heavy atom. The van der Waals surface area contributed by atoms with Crippen LogP contribution < -0.4 is 14.2 Å². The Hall–Kier alpha value is -2.83. The Morgan fingerprint density at radius 1 is 1.11 bits per heavy atom. The van der Waals surface area contributed by atoms with Crippen LogP contribution >= 0.6 is 0 Å². The van der Waals surface area contributed by atoms with Gasteiger partial charge in [-0.2, -0.15) is 0 Å². The Balaban J connectivity index is 1.49. The molecule has 0 aliphatic carbocycles. The van der Waals surface area contributed by atoms with Crippen LogP contribution in [0.25, 0.3) is 0 Å². The van der Waals surface area contributed by atoms with Crippen LogP contribution in [-0.2, 0) is 4.79 Å². The number of nitrogens with zero attached hydrogens (tertiary/aromatic N) is 1. The lowest BCUT2D eigenvalue weighted by molar-refractivity contribution is -0.138. The highest BCUT2D eigenvalue weighted by Gasteiger charge is 2.34. The van der Waals surface area contributed by atoms with Crippen LogP contribution in [0.1, 0.15) is 31.4 Å². The highest BCUT2D eigenvalue weighted by Crippen LogP contribution is 2.38. The average Bonchev–Trinajstić information content (AvgIpc) is 3.19. The number of carbonyl (C=O) groups excluding carboxylic acids is 1. The molecule has 5 nitrogen and oxygen atoms in total. The fourth-order valence-corrected chi connectivity index (χ4v) is 3.68. The summed E-state index contributed by atoms with van der Waals surface area (Å²) in [5.74, 6) is -0.635. The van der Waals surface area contributed by atoms with E-state index in [9.17, 15) is 13.6 Å². The number of hydrogen-bond donors (Lipinski definition) is 0. The number of amides is 1. The number of fused-ring (bicyclic) bond motifs is 1. The predicted octanol–water partition coefficient (Wildman–Crippen LogP) is 3.87. The molecule has 0 saturated carbocycles. The molecule has 2 atom stereocenters. The summed E-state index contributed by atoms with van der Waals surface area (Å²) >= 11 is 0. The van der Waals surface area contributed by atoms with Crippen LogP contribution in [-0.4, -0.2) is 36.7 Å². The second-order valence-electron chi connectivity index (χ2n) is 6.93. The van der Waals surface area contributed by atoms with Crippen molar-refractivity contribution < 1.29 is 27.8 Å². The maximum absolute atomic E-state index is 13.4. The van der Waals surface area contributed by atoms with Gasteiger partial charge in [-0.25, -0.2) is 8.78 Å². The zero-order valence-electron chi connectivity index (χ0n) is 15.5. The summed E-state index contributed by atoms with van der Waals surface area (Å²) in [6, 6.07) is 8.89. The van der Waals surface area contributed by atoms with Gasteiger partial charge in [0.25, 0.3) is 5.91 Å². The molecule has 28 heavy (non-hydrogen) atoms. The number of halogens is 2. The summed E-state index contributed by atoms with van der Waals surface area (Å²) in [6.07, 6.45) is 0.897. The average molecular weight is 389 g/mol. The van der Waals surface area contributed by atoms with Crippen LogP contribution in [0.5, 0.6) is 17.2 Å². The van der Waals surface area contributed by atoms with E-state index in [1.807, 2.05) is 18.2 Å². The molecule has 4 rings (SSSR count). The normalized spacial score (nSPS) is 19.4. The molecule has 0 radical (unpaired) electrons. The number of hydrogen-bond acceptors (Lipinski definition) is 4. The van der Waals surface area contributed by atoms with E-state index in [0.717, 1.165) is 30.5 Å². The van der Waals surface area contributed by atoms with Gasteiger partial charge in [-0.05, 0) is 49.6 Å². The molecule has 0 N–H and O–H groups in total. The topological polar surface area (TPSA) is 48.0 Å². The number of carbonyl (C=O) groups is 1. The van der Waals surface area contributed by atoms with Crippen LogP contribution in [0, 0.1) is 11.6 Å². The molecule has 0 bridgehead atoms. The lowest BCUT2D eigenvalue weighted by atomic mass is 10.0. The van der Waals surface area contributed by atoms with Crippen molar-refractivity contribution in [2.75, 3.05) is 19.8 Å². The molecule has 1 saturated heterocycles. The molecule has 2 heterocycles. The van der Waals surface area contributed by atoms with Crippen molar-refractivity contribution >= 4 is 5.91 Å². The first-order chi connectivity index (χ1) is 13.5. The van der Waals surface area contributed by atoms with Gasteiger partial charge >= 0.3 is 0 Å². The second-order valence-corrected chi connectivity index (χ2v) is 6.93. The van der Waals surface area contributed by atoms with E-state index >= 15 is 0 Å². The van der Waals surface area contributed by atoms with Crippen molar-refractivity contribution in [3.63, 3.8) is 0 Å². The molecule has 2 unspecified atom stereocenters. The first-order valence-electron chi connectivity index (χ1n) is 9.34. The minimum absolute atomic E-state index is 0.0840. The van der Waals surface area contributed by atoms with E-state index in [0.29, 0.717) is 31.3 Å².